The maximum atomic E-state index is 12.2. The lowest BCUT2D eigenvalue weighted by Crippen LogP contribution is -2.55. The second-order valence-electron chi connectivity index (χ2n) is 13.5. The fourth-order valence-electron chi connectivity index (χ4n) is 9.25. The smallest absolute Gasteiger partial charge is 0.303 e. The first-order chi connectivity index (χ1) is 16.5. The molecule has 0 spiro atoms. The summed E-state index contributed by atoms with van der Waals surface area (Å²) in [6.45, 7) is 15.3. The maximum Gasteiger partial charge on any atom is 0.303 e. The topological polar surface area (TPSA) is 52.6 Å². The van der Waals surface area contributed by atoms with E-state index >= 15 is 0 Å². The van der Waals surface area contributed by atoms with Crippen molar-refractivity contribution in [3.8, 4) is 0 Å². The molecule has 0 heterocycles. The van der Waals surface area contributed by atoms with Crippen LogP contribution >= 0.6 is 0 Å². The maximum absolute atomic E-state index is 12.2. The number of fused-ring (bicyclic) bond motifs is 5. The number of esters is 2. The highest BCUT2D eigenvalue weighted by molar-refractivity contribution is 5.67. The summed E-state index contributed by atoms with van der Waals surface area (Å²) in [6, 6.07) is 0. The van der Waals surface area contributed by atoms with E-state index in [1.807, 2.05) is 0 Å². The van der Waals surface area contributed by atoms with Crippen molar-refractivity contribution >= 4 is 11.9 Å². The van der Waals surface area contributed by atoms with Crippen molar-refractivity contribution in [1.82, 2.24) is 0 Å². The van der Waals surface area contributed by atoms with E-state index < -0.39 is 0 Å². The fourth-order valence-corrected chi connectivity index (χ4v) is 9.25. The first-order valence-electron chi connectivity index (χ1n) is 14.5. The molecule has 0 amide bonds. The number of carbonyl (C=O) groups excluding carboxylic acids is 2. The molecule has 4 nitrogen and oxygen atoms in total. The van der Waals surface area contributed by atoms with E-state index in [1.54, 1.807) is 6.92 Å². The molecule has 0 aliphatic heterocycles. The molecule has 0 aromatic heterocycles. The minimum Gasteiger partial charge on any atom is -0.462 e. The van der Waals surface area contributed by atoms with Gasteiger partial charge in [-0.25, -0.2) is 0 Å². The number of ether oxygens (including phenoxy) is 2. The van der Waals surface area contributed by atoms with Gasteiger partial charge in [0.05, 0.1) is 0 Å². The summed E-state index contributed by atoms with van der Waals surface area (Å²) < 4.78 is 11.7. The Morgan fingerprint density at radius 3 is 2.31 bits per heavy atom. The van der Waals surface area contributed by atoms with Crippen molar-refractivity contribution in [2.75, 3.05) is 0 Å². The molecule has 4 aliphatic carbocycles. The molecule has 9 atom stereocenters. The lowest BCUT2D eigenvalue weighted by molar-refractivity contribution is -0.159. The molecular formula is C31H50O4. The van der Waals surface area contributed by atoms with Gasteiger partial charge in [-0.05, 0) is 85.0 Å². The van der Waals surface area contributed by atoms with E-state index in [0.29, 0.717) is 23.2 Å². The first kappa shape index (κ1) is 26.7. The van der Waals surface area contributed by atoms with Crippen molar-refractivity contribution < 1.29 is 19.1 Å². The van der Waals surface area contributed by atoms with Crippen molar-refractivity contribution in [1.29, 1.82) is 0 Å². The molecule has 7 unspecified atom stereocenters. The molecular weight excluding hydrogens is 436 g/mol. The van der Waals surface area contributed by atoms with E-state index in [0.717, 1.165) is 37.0 Å². The Balaban J connectivity index is 1.60. The molecule has 0 saturated heterocycles. The fraction of sp³-hybridized carbons (Fsp3) is 0.871. The van der Waals surface area contributed by atoms with Gasteiger partial charge in [-0.2, -0.15) is 0 Å². The van der Waals surface area contributed by atoms with Crippen LogP contribution in [0.3, 0.4) is 0 Å². The molecule has 35 heavy (non-hydrogen) atoms. The van der Waals surface area contributed by atoms with Gasteiger partial charge < -0.3 is 9.47 Å². The van der Waals surface area contributed by atoms with Gasteiger partial charge in [0.1, 0.15) is 12.2 Å². The molecule has 0 aromatic rings. The zero-order chi connectivity index (χ0) is 25.5. The van der Waals surface area contributed by atoms with Crippen molar-refractivity contribution in [3.63, 3.8) is 0 Å². The second-order valence-corrected chi connectivity index (χ2v) is 13.5. The molecule has 3 saturated carbocycles. The summed E-state index contributed by atoms with van der Waals surface area (Å²) in [5.41, 5.74) is 1.83. The Kier molecular flexibility index (Phi) is 7.80. The molecule has 0 radical (unpaired) electrons. The van der Waals surface area contributed by atoms with Gasteiger partial charge in [0.2, 0.25) is 0 Å². The average Bonchev–Trinajstić information content (AvgIpc) is 3.10. The van der Waals surface area contributed by atoms with Crippen LogP contribution in [0.15, 0.2) is 11.6 Å². The molecule has 0 bridgehead atoms. The highest BCUT2D eigenvalue weighted by Gasteiger charge is 2.62. The Morgan fingerprint density at radius 1 is 0.943 bits per heavy atom. The first-order valence-corrected chi connectivity index (χ1v) is 14.5. The minimum absolute atomic E-state index is 0.0437. The van der Waals surface area contributed by atoms with Crippen molar-refractivity contribution in [2.24, 2.45) is 46.3 Å². The van der Waals surface area contributed by atoms with Gasteiger partial charge in [0.25, 0.3) is 0 Å². The van der Waals surface area contributed by atoms with E-state index in [2.05, 4.69) is 40.7 Å². The van der Waals surface area contributed by atoms with E-state index in [9.17, 15) is 9.59 Å². The van der Waals surface area contributed by atoms with Crippen LogP contribution in [0, 0.1) is 46.3 Å². The third-order valence-electron chi connectivity index (χ3n) is 10.9. The molecule has 198 valence electrons. The van der Waals surface area contributed by atoms with Gasteiger partial charge in [0.15, 0.2) is 0 Å². The van der Waals surface area contributed by atoms with Gasteiger partial charge in [-0.1, -0.05) is 59.5 Å². The standard InChI is InChI=1S/C31H50O4/c1-19(2)9-8-10-20(3)25-11-12-26-29-27(14-16-31(25,26)7)30(6)15-13-24(34-21(4)32)17-23(30)18-28(29)35-22(5)33/h18-20,24-29H,8-17H2,1-7H3/t20?,24?,25?,26?,27?,28?,29?,30-,31+/m0/s1. The predicted octanol–water partition coefficient (Wildman–Crippen LogP) is 7.50. The van der Waals surface area contributed by atoms with Crippen LogP contribution in [0.25, 0.3) is 0 Å². The summed E-state index contributed by atoms with van der Waals surface area (Å²) in [4.78, 5) is 23.9. The third-order valence-corrected chi connectivity index (χ3v) is 10.9. The minimum atomic E-state index is -0.197. The molecule has 4 aliphatic rings. The Bertz CT molecular complexity index is 830. The lowest BCUT2D eigenvalue weighted by Gasteiger charge is -2.59. The number of carbonyl (C=O) groups is 2. The average molecular weight is 487 g/mol. The van der Waals surface area contributed by atoms with Crippen molar-refractivity contribution in [3.05, 3.63) is 11.6 Å². The van der Waals surface area contributed by atoms with E-state index in [-0.39, 0.29) is 29.6 Å². The number of hydrogen-bond acceptors (Lipinski definition) is 4. The van der Waals surface area contributed by atoms with E-state index in [1.165, 1.54) is 57.4 Å². The van der Waals surface area contributed by atoms with Crippen LogP contribution in [0.5, 0.6) is 0 Å². The lowest BCUT2D eigenvalue weighted by atomic mass is 9.46. The van der Waals surface area contributed by atoms with Crippen LogP contribution in [-0.4, -0.2) is 24.1 Å². The second kappa shape index (κ2) is 10.2. The summed E-state index contributed by atoms with van der Waals surface area (Å²) in [5, 5.41) is 0. The van der Waals surface area contributed by atoms with Crippen LogP contribution in [0.2, 0.25) is 0 Å². The quantitative estimate of drug-likeness (QED) is 0.276. The zero-order valence-corrected chi connectivity index (χ0v) is 23.4. The van der Waals surface area contributed by atoms with Gasteiger partial charge in [0, 0.05) is 26.2 Å². The van der Waals surface area contributed by atoms with Crippen LogP contribution in [-0.2, 0) is 19.1 Å². The predicted molar refractivity (Wildman–Crippen MR) is 140 cm³/mol. The zero-order valence-electron chi connectivity index (χ0n) is 23.4. The largest absolute Gasteiger partial charge is 0.462 e. The Morgan fingerprint density at radius 2 is 1.66 bits per heavy atom. The Labute approximate surface area is 214 Å². The van der Waals surface area contributed by atoms with E-state index in [4.69, 9.17) is 9.47 Å². The normalized spacial score (nSPS) is 41.3. The van der Waals surface area contributed by atoms with Crippen LogP contribution < -0.4 is 0 Å². The highest BCUT2D eigenvalue weighted by atomic mass is 16.5. The van der Waals surface area contributed by atoms with Gasteiger partial charge >= 0.3 is 11.9 Å². The molecule has 4 rings (SSSR count). The summed E-state index contributed by atoms with van der Waals surface area (Å²) in [5.74, 6) is 3.51. The number of rotatable bonds is 7. The monoisotopic (exact) mass is 486 g/mol. The molecule has 4 heteroatoms. The number of hydrogen-bond donors (Lipinski definition) is 0. The summed E-state index contributed by atoms with van der Waals surface area (Å²) in [6.07, 6.45) is 14.0. The van der Waals surface area contributed by atoms with Crippen LogP contribution in [0.1, 0.15) is 113 Å². The molecule has 0 N–H and O–H groups in total. The Hall–Kier alpha value is -1.32. The SMILES string of the molecule is CC(=O)OC1CC[C@@]2(C)C(=CC(OC(C)=O)C3C4CCC(C(C)CCCC(C)C)[C@@]4(C)CCC32)C1. The van der Waals surface area contributed by atoms with Gasteiger partial charge in [-0.15, -0.1) is 0 Å². The molecule has 0 aromatic carbocycles. The van der Waals surface area contributed by atoms with Crippen LogP contribution in [0.4, 0.5) is 0 Å². The summed E-state index contributed by atoms with van der Waals surface area (Å²) in [7, 11) is 0. The highest BCUT2D eigenvalue weighted by Crippen LogP contribution is 2.67. The molecule has 3 fully saturated rings. The summed E-state index contributed by atoms with van der Waals surface area (Å²) >= 11 is 0. The third kappa shape index (κ3) is 5.10. The van der Waals surface area contributed by atoms with Gasteiger partial charge in [-0.3, -0.25) is 9.59 Å². The van der Waals surface area contributed by atoms with Crippen molar-refractivity contribution in [2.45, 2.75) is 125 Å².